The molecule has 0 aliphatic rings. The number of carboxylic acid groups (broad SMARTS) is 1. The highest BCUT2D eigenvalue weighted by Crippen LogP contribution is 2.15. The monoisotopic (exact) mass is 291 g/mol. The molecule has 2 rings (SSSR count). The third-order valence-electron chi connectivity index (χ3n) is 3.13. The van der Waals surface area contributed by atoms with Gasteiger partial charge in [0.25, 0.3) is 0 Å². The van der Waals surface area contributed by atoms with E-state index in [4.69, 9.17) is 5.11 Å². The van der Waals surface area contributed by atoms with Crippen molar-refractivity contribution in [1.29, 1.82) is 0 Å². The summed E-state index contributed by atoms with van der Waals surface area (Å²) < 4.78 is 26.7. The van der Waals surface area contributed by atoms with Crippen molar-refractivity contribution in [2.45, 2.75) is 13.1 Å². The quantitative estimate of drug-likeness (QED) is 0.919. The second kappa shape index (κ2) is 6.45. The minimum Gasteiger partial charge on any atom is -0.478 e. The summed E-state index contributed by atoms with van der Waals surface area (Å²) in [5.41, 5.74) is 1.41. The first-order valence-corrected chi connectivity index (χ1v) is 6.41. The van der Waals surface area contributed by atoms with Gasteiger partial charge in [0, 0.05) is 18.7 Å². The maximum absolute atomic E-state index is 13.6. The van der Waals surface area contributed by atoms with Gasteiger partial charge in [-0.05, 0) is 30.8 Å². The van der Waals surface area contributed by atoms with Gasteiger partial charge in [-0.2, -0.15) is 0 Å². The Morgan fingerprint density at radius 1 is 1.10 bits per heavy atom. The van der Waals surface area contributed by atoms with Crippen LogP contribution >= 0.6 is 0 Å². The van der Waals surface area contributed by atoms with Gasteiger partial charge < -0.3 is 5.11 Å². The Morgan fingerprint density at radius 2 is 1.76 bits per heavy atom. The van der Waals surface area contributed by atoms with Crippen LogP contribution in [0.2, 0.25) is 0 Å². The lowest BCUT2D eigenvalue weighted by molar-refractivity contribution is 0.0697. The van der Waals surface area contributed by atoms with Crippen molar-refractivity contribution in [2.75, 3.05) is 7.05 Å². The van der Waals surface area contributed by atoms with E-state index in [1.54, 1.807) is 25.2 Å². The Balaban J connectivity index is 2.02. The molecule has 0 amide bonds. The third-order valence-corrected chi connectivity index (χ3v) is 3.13. The Hall–Kier alpha value is -2.27. The van der Waals surface area contributed by atoms with Crippen LogP contribution in [0.3, 0.4) is 0 Å². The van der Waals surface area contributed by atoms with Crippen LogP contribution < -0.4 is 0 Å². The van der Waals surface area contributed by atoms with Crippen LogP contribution in [0.5, 0.6) is 0 Å². The van der Waals surface area contributed by atoms with Crippen LogP contribution in [0.15, 0.2) is 42.5 Å². The molecular weight excluding hydrogens is 276 g/mol. The van der Waals surface area contributed by atoms with E-state index in [-0.39, 0.29) is 12.1 Å². The van der Waals surface area contributed by atoms with Gasteiger partial charge in [0.15, 0.2) is 11.6 Å². The smallest absolute Gasteiger partial charge is 0.335 e. The molecule has 0 unspecified atom stereocenters. The third kappa shape index (κ3) is 3.86. The molecule has 5 heteroatoms. The minimum absolute atomic E-state index is 0.220. The molecule has 0 aromatic heterocycles. The molecule has 0 spiro atoms. The first-order valence-electron chi connectivity index (χ1n) is 6.41. The van der Waals surface area contributed by atoms with Crippen LogP contribution in [0, 0.1) is 11.6 Å². The predicted molar refractivity (Wildman–Crippen MR) is 74.9 cm³/mol. The van der Waals surface area contributed by atoms with Crippen LogP contribution in [-0.2, 0) is 13.1 Å². The minimum atomic E-state index is -0.975. The first-order chi connectivity index (χ1) is 9.97. The summed E-state index contributed by atoms with van der Waals surface area (Å²) in [5, 5.41) is 8.82. The summed E-state index contributed by atoms with van der Waals surface area (Å²) in [6.07, 6.45) is 0. The highest BCUT2D eigenvalue weighted by atomic mass is 19.2. The maximum Gasteiger partial charge on any atom is 0.335 e. The highest BCUT2D eigenvalue weighted by Gasteiger charge is 2.10. The van der Waals surface area contributed by atoms with Gasteiger partial charge >= 0.3 is 5.97 Å². The van der Waals surface area contributed by atoms with E-state index in [1.807, 2.05) is 4.90 Å². The standard InChI is InChI=1S/C16H15F2NO2/c1-19(10-13-3-2-4-14(17)15(13)18)9-11-5-7-12(8-6-11)16(20)21/h2-8H,9-10H2,1H3,(H,20,21). The summed E-state index contributed by atoms with van der Waals surface area (Å²) in [6, 6.07) is 10.6. The van der Waals surface area contributed by atoms with Crippen LogP contribution in [0.25, 0.3) is 0 Å². The van der Waals surface area contributed by atoms with E-state index in [1.165, 1.54) is 18.2 Å². The van der Waals surface area contributed by atoms with E-state index in [2.05, 4.69) is 0 Å². The first kappa shape index (κ1) is 15.1. The average Bonchev–Trinajstić information content (AvgIpc) is 2.44. The molecule has 2 aromatic rings. The normalized spacial score (nSPS) is 10.9. The number of aromatic carboxylic acids is 1. The molecule has 0 atom stereocenters. The number of rotatable bonds is 5. The zero-order valence-corrected chi connectivity index (χ0v) is 11.5. The number of halogens is 2. The molecule has 0 fully saturated rings. The fourth-order valence-corrected chi connectivity index (χ4v) is 2.08. The highest BCUT2D eigenvalue weighted by molar-refractivity contribution is 5.87. The van der Waals surface area contributed by atoms with Crippen molar-refractivity contribution >= 4 is 5.97 Å². The van der Waals surface area contributed by atoms with Gasteiger partial charge in [0.2, 0.25) is 0 Å². The van der Waals surface area contributed by atoms with E-state index >= 15 is 0 Å². The van der Waals surface area contributed by atoms with Gasteiger partial charge in [-0.25, -0.2) is 13.6 Å². The number of carbonyl (C=O) groups is 1. The van der Waals surface area contributed by atoms with Crippen LogP contribution in [0.1, 0.15) is 21.5 Å². The van der Waals surface area contributed by atoms with Gasteiger partial charge in [-0.3, -0.25) is 4.90 Å². The van der Waals surface area contributed by atoms with Crippen molar-refractivity contribution in [3.63, 3.8) is 0 Å². The molecule has 3 nitrogen and oxygen atoms in total. The van der Waals surface area contributed by atoms with Crippen molar-refractivity contribution in [3.05, 3.63) is 70.8 Å². The Morgan fingerprint density at radius 3 is 2.38 bits per heavy atom. The number of benzene rings is 2. The topological polar surface area (TPSA) is 40.5 Å². The summed E-state index contributed by atoms with van der Waals surface area (Å²) in [5.74, 6) is -2.66. The molecule has 0 bridgehead atoms. The zero-order valence-electron chi connectivity index (χ0n) is 11.5. The Bertz CT molecular complexity index is 641. The molecule has 1 N–H and O–H groups in total. The summed E-state index contributed by atoms with van der Waals surface area (Å²) in [6.45, 7) is 0.778. The lowest BCUT2D eigenvalue weighted by Crippen LogP contribution is -2.18. The van der Waals surface area contributed by atoms with E-state index in [0.29, 0.717) is 12.1 Å². The van der Waals surface area contributed by atoms with Crippen LogP contribution in [0.4, 0.5) is 8.78 Å². The number of nitrogens with zero attached hydrogens (tertiary/aromatic N) is 1. The molecule has 2 aromatic carbocycles. The van der Waals surface area contributed by atoms with E-state index in [9.17, 15) is 13.6 Å². The molecule has 0 radical (unpaired) electrons. The molecule has 0 aliphatic heterocycles. The molecule has 0 aliphatic carbocycles. The van der Waals surface area contributed by atoms with Gasteiger partial charge in [0.05, 0.1) is 5.56 Å². The molecular formula is C16H15F2NO2. The predicted octanol–water partition coefficient (Wildman–Crippen LogP) is 3.30. The van der Waals surface area contributed by atoms with Crippen molar-refractivity contribution in [3.8, 4) is 0 Å². The maximum atomic E-state index is 13.6. The number of hydrogen-bond acceptors (Lipinski definition) is 2. The Kier molecular flexibility index (Phi) is 4.65. The van der Waals surface area contributed by atoms with Gasteiger partial charge in [-0.15, -0.1) is 0 Å². The summed E-state index contributed by atoms with van der Waals surface area (Å²) in [4.78, 5) is 12.6. The Labute approximate surface area is 121 Å². The second-order valence-electron chi connectivity index (χ2n) is 4.89. The van der Waals surface area contributed by atoms with Gasteiger partial charge in [-0.1, -0.05) is 24.3 Å². The molecule has 21 heavy (non-hydrogen) atoms. The van der Waals surface area contributed by atoms with E-state index < -0.39 is 17.6 Å². The molecule has 0 saturated carbocycles. The zero-order chi connectivity index (χ0) is 15.4. The number of carboxylic acids is 1. The largest absolute Gasteiger partial charge is 0.478 e. The van der Waals surface area contributed by atoms with Crippen LogP contribution in [-0.4, -0.2) is 23.0 Å². The van der Waals surface area contributed by atoms with E-state index in [0.717, 1.165) is 11.6 Å². The fraction of sp³-hybridized carbons (Fsp3) is 0.188. The van der Waals surface area contributed by atoms with Crippen molar-refractivity contribution in [2.24, 2.45) is 0 Å². The number of hydrogen-bond donors (Lipinski definition) is 1. The summed E-state index contributed by atoms with van der Waals surface area (Å²) >= 11 is 0. The second-order valence-corrected chi connectivity index (χ2v) is 4.89. The average molecular weight is 291 g/mol. The van der Waals surface area contributed by atoms with Crippen molar-refractivity contribution in [1.82, 2.24) is 4.90 Å². The SMILES string of the molecule is CN(Cc1ccc(C(=O)O)cc1)Cc1cccc(F)c1F. The van der Waals surface area contributed by atoms with Gasteiger partial charge in [0.1, 0.15) is 0 Å². The molecule has 110 valence electrons. The lowest BCUT2D eigenvalue weighted by Gasteiger charge is -2.17. The summed E-state index contributed by atoms with van der Waals surface area (Å²) in [7, 11) is 1.79. The fourth-order valence-electron chi connectivity index (χ4n) is 2.08. The van der Waals surface area contributed by atoms with Crippen molar-refractivity contribution < 1.29 is 18.7 Å². The lowest BCUT2D eigenvalue weighted by atomic mass is 10.1. The molecule has 0 saturated heterocycles. The molecule has 0 heterocycles.